The number of benzene rings is 1. The molecule has 3 heterocycles. The number of ether oxygens (including phenoxy) is 1. The number of nitrogens with zero attached hydrogens (tertiary/aromatic N) is 4. The lowest BCUT2D eigenvalue weighted by molar-refractivity contribution is 0.0761. The van der Waals surface area contributed by atoms with Crippen LogP contribution in [0.5, 0.6) is 5.75 Å². The number of carbonyl (C=O) groups is 1. The van der Waals surface area contributed by atoms with Gasteiger partial charge in [-0.3, -0.25) is 9.69 Å². The summed E-state index contributed by atoms with van der Waals surface area (Å²) in [6.45, 7) is 4.69. The van der Waals surface area contributed by atoms with Crippen LogP contribution in [0.4, 0.5) is 0 Å². The van der Waals surface area contributed by atoms with Gasteiger partial charge in [-0.15, -0.1) is 22.7 Å². The predicted octanol–water partition coefficient (Wildman–Crippen LogP) is 3.53. The van der Waals surface area contributed by atoms with Gasteiger partial charge >= 0.3 is 0 Å². The summed E-state index contributed by atoms with van der Waals surface area (Å²) in [5.74, 6) is 0.830. The molecule has 1 amide bonds. The smallest absolute Gasteiger partial charge is 0.253 e. The minimum Gasteiger partial charge on any atom is -0.487 e. The summed E-state index contributed by atoms with van der Waals surface area (Å²) in [6.07, 6.45) is 0.977. The molecule has 0 bridgehead atoms. The molecule has 2 aromatic heterocycles. The maximum atomic E-state index is 12.9. The molecule has 8 heteroatoms. The Morgan fingerprint density at radius 2 is 1.71 bits per heavy atom. The van der Waals surface area contributed by atoms with Crippen molar-refractivity contribution in [3.63, 3.8) is 0 Å². The van der Waals surface area contributed by atoms with Crippen LogP contribution in [-0.2, 0) is 13.2 Å². The first-order valence-corrected chi connectivity index (χ1v) is 11.1. The number of rotatable bonds is 6. The van der Waals surface area contributed by atoms with Gasteiger partial charge in [-0.05, 0) is 30.7 Å². The SMILES string of the molecule is O=C(c1ccc(OCc2cscn2)cc1)N1CCCN(Cc2cscn2)CC1. The lowest BCUT2D eigenvalue weighted by Crippen LogP contribution is -2.35. The predicted molar refractivity (Wildman–Crippen MR) is 111 cm³/mol. The third kappa shape index (κ3) is 4.95. The van der Waals surface area contributed by atoms with E-state index < -0.39 is 0 Å². The monoisotopic (exact) mass is 414 g/mol. The first-order valence-electron chi connectivity index (χ1n) is 9.26. The van der Waals surface area contributed by atoms with Gasteiger partial charge in [-0.1, -0.05) is 0 Å². The van der Waals surface area contributed by atoms with Crippen molar-refractivity contribution in [1.82, 2.24) is 19.8 Å². The van der Waals surface area contributed by atoms with Gasteiger partial charge in [0.05, 0.1) is 22.4 Å². The normalized spacial score (nSPS) is 15.4. The average molecular weight is 415 g/mol. The van der Waals surface area contributed by atoms with Crippen LogP contribution in [0.2, 0.25) is 0 Å². The Hall–Kier alpha value is -2.29. The lowest BCUT2D eigenvalue weighted by Gasteiger charge is -2.21. The summed E-state index contributed by atoms with van der Waals surface area (Å²) < 4.78 is 5.72. The summed E-state index contributed by atoms with van der Waals surface area (Å²) in [7, 11) is 0. The van der Waals surface area contributed by atoms with Crippen LogP contribution in [0.1, 0.15) is 28.2 Å². The molecule has 1 saturated heterocycles. The van der Waals surface area contributed by atoms with Crippen molar-refractivity contribution in [2.24, 2.45) is 0 Å². The number of aromatic nitrogens is 2. The number of carbonyl (C=O) groups excluding carboxylic acids is 1. The third-order valence-corrected chi connectivity index (χ3v) is 5.99. The van der Waals surface area contributed by atoms with Crippen LogP contribution in [0.3, 0.4) is 0 Å². The number of hydrogen-bond donors (Lipinski definition) is 0. The Labute approximate surface area is 172 Å². The van der Waals surface area contributed by atoms with Gasteiger partial charge in [0, 0.05) is 49.0 Å². The summed E-state index contributed by atoms with van der Waals surface area (Å²) >= 11 is 3.18. The third-order valence-electron chi connectivity index (χ3n) is 4.72. The van der Waals surface area contributed by atoms with E-state index in [1.165, 1.54) is 0 Å². The van der Waals surface area contributed by atoms with E-state index in [2.05, 4.69) is 20.2 Å². The van der Waals surface area contributed by atoms with E-state index >= 15 is 0 Å². The molecule has 0 saturated carbocycles. The van der Waals surface area contributed by atoms with Gasteiger partial charge in [-0.2, -0.15) is 0 Å². The van der Waals surface area contributed by atoms with Crippen molar-refractivity contribution in [3.05, 3.63) is 63.0 Å². The van der Waals surface area contributed by atoms with Crippen molar-refractivity contribution in [3.8, 4) is 5.75 Å². The van der Waals surface area contributed by atoms with Crippen molar-refractivity contribution in [2.45, 2.75) is 19.6 Å². The highest BCUT2D eigenvalue weighted by molar-refractivity contribution is 7.07. The molecule has 1 aromatic carbocycles. The first kappa shape index (κ1) is 19.0. The number of hydrogen-bond acceptors (Lipinski definition) is 7. The molecule has 0 aliphatic carbocycles. The maximum Gasteiger partial charge on any atom is 0.253 e. The molecular formula is C20H22N4O2S2. The van der Waals surface area contributed by atoms with E-state index in [0.717, 1.165) is 56.3 Å². The van der Waals surface area contributed by atoms with Crippen molar-refractivity contribution in [2.75, 3.05) is 26.2 Å². The van der Waals surface area contributed by atoms with Crippen molar-refractivity contribution in [1.29, 1.82) is 0 Å². The molecule has 1 fully saturated rings. The molecule has 146 valence electrons. The Balaban J connectivity index is 1.31. The highest BCUT2D eigenvalue weighted by Gasteiger charge is 2.20. The molecule has 0 atom stereocenters. The molecular weight excluding hydrogens is 392 g/mol. The lowest BCUT2D eigenvalue weighted by atomic mass is 10.2. The maximum absolute atomic E-state index is 12.9. The van der Waals surface area contributed by atoms with Crippen LogP contribution >= 0.6 is 22.7 Å². The fourth-order valence-electron chi connectivity index (χ4n) is 3.22. The second-order valence-electron chi connectivity index (χ2n) is 6.69. The van der Waals surface area contributed by atoms with Crippen LogP contribution in [0, 0.1) is 0 Å². The highest BCUT2D eigenvalue weighted by atomic mass is 32.1. The topological polar surface area (TPSA) is 58.6 Å². The zero-order valence-electron chi connectivity index (χ0n) is 15.5. The van der Waals surface area contributed by atoms with E-state index in [-0.39, 0.29) is 5.91 Å². The molecule has 0 radical (unpaired) electrons. The van der Waals surface area contributed by atoms with E-state index in [9.17, 15) is 4.79 Å². The standard InChI is InChI=1S/C20H22N4O2S2/c25-20(16-2-4-19(5-3-16)26-11-18-13-28-15-22-18)24-7-1-6-23(8-9-24)10-17-12-27-14-21-17/h2-5,12-15H,1,6-11H2. The summed E-state index contributed by atoms with van der Waals surface area (Å²) in [6, 6.07) is 7.39. The Morgan fingerprint density at radius 1 is 0.964 bits per heavy atom. The number of thiazole rings is 2. The van der Waals surface area contributed by atoms with E-state index in [1.807, 2.05) is 40.1 Å². The minimum atomic E-state index is 0.0848. The van der Waals surface area contributed by atoms with Crippen molar-refractivity contribution < 1.29 is 9.53 Å². The van der Waals surface area contributed by atoms with Gasteiger partial charge < -0.3 is 9.64 Å². The molecule has 1 aliphatic rings. The summed E-state index contributed by atoms with van der Waals surface area (Å²) in [5.41, 5.74) is 6.39. The molecule has 6 nitrogen and oxygen atoms in total. The van der Waals surface area contributed by atoms with Crippen LogP contribution in [-0.4, -0.2) is 51.9 Å². The summed E-state index contributed by atoms with van der Waals surface area (Å²) in [4.78, 5) is 25.8. The Bertz CT molecular complexity index is 866. The van der Waals surface area contributed by atoms with Crippen LogP contribution < -0.4 is 4.74 Å². The minimum absolute atomic E-state index is 0.0848. The molecule has 4 rings (SSSR count). The average Bonchev–Trinajstić information content (AvgIpc) is 3.38. The van der Waals surface area contributed by atoms with Gasteiger partial charge in [0.15, 0.2) is 0 Å². The van der Waals surface area contributed by atoms with Gasteiger partial charge in [0.25, 0.3) is 5.91 Å². The van der Waals surface area contributed by atoms with Gasteiger partial charge in [0.2, 0.25) is 0 Å². The van der Waals surface area contributed by atoms with E-state index in [4.69, 9.17) is 4.74 Å². The Morgan fingerprint density at radius 3 is 2.43 bits per heavy atom. The molecule has 0 spiro atoms. The first-order chi connectivity index (χ1) is 13.8. The van der Waals surface area contributed by atoms with Crippen molar-refractivity contribution >= 4 is 28.6 Å². The Kier molecular flexibility index (Phi) is 6.31. The summed E-state index contributed by atoms with van der Waals surface area (Å²) in [5, 5.41) is 4.06. The largest absolute Gasteiger partial charge is 0.487 e. The highest BCUT2D eigenvalue weighted by Crippen LogP contribution is 2.17. The number of amides is 1. The zero-order valence-corrected chi connectivity index (χ0v) is 17.1. The molecule has 0 unspecified atom stereocenters. The molecule has 28 heavy (non-hydrogen) atoms. The molecule has 3 aromatic rings. The zero-order chi connectivity index (χ0) is 19.2. The van der Waals surface area contributed by atoms with Gasteiger partial charge in [0.1, 0.15) is 12.4 Å². The second kappa shape index (κ2) is 9.27. The van der Waals surface area contributed by atoms with Crippen LogP contribution in [0.15, 0.2) is 46.0 Å². The second-order valence-corrected chi connectivity index (χ2v) is 8.13. The fraction of sp³-hybridized carbons (Fsp3) is 0.350. The quantitative estimate of drug-likeness (QED) is 0.618. The molecule has 0 N–H and O–H groups in total. The fourth-order valence-corrected chi connectivity index (χ4v) is 4.31. The van der Waals surface area contributed by atoms with Crippen LogP contribution in [0.25, 0.3) is 0 Å². The van der Waals surface area contributed by atoms with Gasteiger partial charge in [-0.25, -0.2) is 9.97 Å². The molecule has 1 aliphatic heterocycles. The van der Waals surface area contributed by atoms with E-state index in [1.54, 1.807) is 28.2 Å². The van der Waals surface area contributed by atoms with E-state index in [0.29, 0.717) is 12.2 Å².